The van der Waals surface area contributed by atoms with Crippen molar-refractivity contribution in [3.05, 3.63) is 64.7 Å². The minimum atomic E-state index is -0.159. The Labute approximate surface area is 155 Å². The van der Waals surface area contributed by atoms with Gasteiger partial charge in [0.2, 0.25) is 5.12 Å². The standard InChI is InChI=1S/C22H28O2S/c1-21(2,3)17-12-15(13-18(19(17)23)22(4,5)6)14-25-20(24)16-10-8-7-9-11-16/h7-13,23H,14H2,1-6H3. The molecular weight excluding hydrogens is 328 g/mol. The molecule has 0 atom stereocenters. The molecule has 0 bridgehead atoms. The summed E-state index contributed by atoms with van der Waals surface area (Å²) in [6.07, 6.45) is 0. The van der Waals surface area contributed by atoms with Gasteiger partial charge in [0.1, 0.15) is 5.75 Å². The Hall–Kier alpha value is -1.74. The Morgan fingerprint density at radius 2 is 1.40 bits per heavy atom. The van der Waals surface area contributed by atoms with Crippen molar-refractivity contribution in [3.8, 4) is 5.75 Å². The molecule has 0 spiro atoms. The molecule has 2 aromatic carbocycles. The summed E-state index contributed by atoms with van der Waals surface area (Å²) in [5.41, 5.74) is 3.34. The molecule has 0 aromatic heterocycles. The number of aromatic hydroxyl groups is 1. The normalized spacial score (nSPS) is 12.2. The van der Waals surface area contributed by atoms with Crippen molar-refractivity contribution in [3.63, 3.8) is 0 Å². The molecule has 0 unspecified atom stereocenters. The van der Waals surface area contributed by atoms with Crippen molar-refractivity contribution in [2.75, 3.05) is 0 Å². The summed E-state index contributed by atoms with van der Waals surface area (Å²) in [5.74, 6) is 0.975. The molecule has 0 saturated heterocycles. The van der Waals surface area contributed by atoms with E-state index in [1.807, 2.05) is 42.5 Å². The van der Waals surface area contributed by atoms with Crippen molar-refractivity contribution in [2.45, 2.75) is 58.1 Å². The lowest BCUT2D eigenvalue weighted by atomic mass is 9.78. The maximum absolute atomic E-state index is 12.4. The number of rotatable bonds is 3. The van der Waals surface area contributed by atoms with Gasteiger partial charge in [-0.15, -0.1) is 0 Å². The lowest BCUT2D eigenvalue weighted by Crippen LogP contribution is -2.17. The molecular formula is C22H28O2S. The van der Waals surface area contributed by atoms with Crippen LogP contribution in [0.1, 0.15) is 68.6 Å². The van der Waals surface area contributed by atoms with Crippen LogP contribution in [0, 0.1) is 0 Å². The van der Waals surface area contributed by atoms with Crippen LogP contribution >= 0.6 is 11.8 Å². The van der Waals surface area contributed by atoms with E-state index in [1.165, 1.54) is 11.8 Å². The highest BCUT2D eigenvalue weighted by molar-refractivity contribution is 8.13. The first-order valence-corrected chi connectivity index (χ1v) is 9.58. The molecule has 2 aromatic rings. The van der Waals surface area contributed by atoms with Crippen LogP contribution in [0.15, 0.2) is 42.5 Å². The lowest BCUT2D eigenvalue weighted by Gasteiger charge is -2.28. The Morgan fingerprint density at radius 3 is 1.84 bits per heavy atom. The summed E-state index contributed by atoms with van der Waals surface area (Å²) in [4.78, 5) is 12.4. The van der Waals surface area contributed by atoms with Crippen LogP contribution in [0.25, 0.3) is 0 Å². The number of hydrogen-bond acceptors (Lipinski definition) is 3. The van der Waals surface area contributed by atoms with E-state index in [0.717, 1.165) is 22.3 Å². The third-order valence-electron chi connectivity index (χ3n) is 4.17. The topological polar surface area (TPSA) is 37.3 Å². The fourth-order valence-corrected chi connectivity index (χ4v) is 3.49. The molecule has 0 aliphatic heterocycles. The Bertz CT molecular complexity index is 715. The molecule has 0 saturated carbocycles. The molecule has 0 aliphatic rings. The molecule has 25 heavy (non-hydrogen) atoms. The second kappa shape index (κ2) is 7.25. The molecule has 134 valence electrons. The Kier molecular flexibility index (Phi) is 5.68. The maximum Gasteiger partial charge on any atom is 0.219 e. The van der Waals surface area contributed by atoms with E-state index >= 15 is 0 Å². The van der Waals surface area contributed by atoms with Gasteiger partial charge in [-0.2, -0.15) is 0 Å². The van der Waals surface area contributed by atoms with E-state index in [-0.39, 0.29) is 15.9 Å². The Balaban J connectivity index is 2.33. The molecule has 0 amide bonds. The molecule has 0 fully saturated rings. The zero-order valence-electron chi connectivity index (χ0n) is 16.0. The molecule has 2 nitrogen and oxygen atoms in total. The number of thioether (sulfide) groups is 1. The van der Waals surface area contributed by atoms with E-state index in [9.17, 15) is 9.90 Å². The molecule has 0 aliphatic carbocycles. The lowest BCUT2D eigenvalue weighted by molar-refractivity contribution is 0.108. The van der Waals surface area contributed by atoms with Crippen molar-refractivity contribution in [1.82, 2.24) is 0 Å². The van der Waals surface area contributed by atoms with Gasteiger partial charge in [-0.3, -0.25) is 4.79 Å². The number of hydrogen-bond donors (Lipinski definition) is 1. The third kappa shape index (κ3) is 4.88. The molecule has 0 radical (unpaired) electrons. The highest BCUT2D eigenvalue weighted by atomic mass is 32.2. The van der Waals surface area contributed by atoms with E-state index in [2.05, 4.69) is 41.5 Å². The van der Waals surface area contributed by atoms with Crippen LogP contribution in [0.3, 0.4) is 0 Å². The predicted molar refractivity (Wildman–Crippen MR) is 108 cm³/mol. The van der Waals surface area contributed by atoms with Gasteiger partial charge in [0.05, 0.1) is 0 Å². The summed E-state index contributed by atoms with van der Waals surface area (Å²) < 4.78 is 0. The first-order chi connectivity index (χ1) is 11.5. The van der Waals surface area contributed by atoms with Crippen LogP contribution < -0.4 is 0 Å². The second-order valence-corrected chi connectivity index (χ2v) is 9.43. The van der Waals surface area contributed by atoms with Gasteiger partial charge in [-0.05, 0) is 27.5 Å². The first-order valence-electron chi connectivity index (χ1n) is 8.59. The number of phenolic OH excluding ortho intramolecular Hbond substituents is 1. The molecule has 0 heterocycles. The first kappa shape index (κ1) is 19.6. The average molecular weight is 357 g/mol. The average Bonchev–Trinajstić information content (AvgIpc) is 2.52. The van der Waals surface area contributed by atoms with Crippen molar-refractivity contribution in [1.29, 1.82) is 0 Å². The number of carbonyl (C=O) groups is 1. The zero-order chi connectivity index (χ0) is 18.8. The minimum Gasteiger partial charge on any atom is -0.507 e. The Morgan fingerprint density at radius 1 is 0.920 bits per heavy atom. The van der Waals surface area contributed by atoms with Gasteiger partial charge in [0.15, 0.2) is 0 Å². The summed E-state index contributed by atoms with van der Waals surface area (Å²) in [5, 5.41) is 10.8. The van der Waals surface area contributed by atoms with Gasteiger partial charge in [0.25, 0.3) is 0 Å². The summed E-state index contributed by atoms with van der Waals surface area (Å²) >= 11 is 1.31. The number of phenols is 1. The monoisotopic (exact) mass is 356 g/mol. The van der Waals surface area contributed by atoms with Crippen LogP contribution in [-0.4, -0.2) is 10.2 Å². The third-order valence-corrected chi connectivity index (χ3v) is 5.14. The molecule has 1 N–H and O–H groups in total. The van der Waals surface area contributed by atoms with Gasteiger partial charge < -0.3 is 5.11 Å². The molecule has 2 rings (SSSR count). The van der Waals surface area contributed by atoms with E-state index in [1.54, 1.807) is 0 Å². The van der Waals surface area contributed by atoms with E-state index in [4.69, 9.17) is 0 Å². The van der Waals surface area contributed by atoms with Gasteiger partial charge in [-0.1, -0.05) is 95.8 Å². The van der Waals surface area contributed by atoms with Gasteiger partial charge >= 0.3 is 0 Å². The van der Waals surface area contributed by atoms with E-state index < -0.39 is 0 Å². The van der Waals surface area contributed by atoms with Gasteiger partial charge in [0, 0.05) is 11.3 Å². The highest BCUT2D eigenvalue weighted by Gasteiger charge is 2.26. The fourth-order valence-electron chi connectivity index (χ4n) is 2.73. The fraction of sp³-hybridized carbons (Fsp3) is 0.409. The SMILES string of the molecule is CC(C)(C)c1cc(CSC(=O)c2ccccc2)cc(C(C)(C)C)c1O. The van der Waals surface area contributed by atoms with Crippen LogP contribution in [0.5, 0.6) is 5.75 Å². The number of carbonyl (C=O) groups excluding carboxylic acids is 1. The van der Waals surface area contributed by atoms with Crippen molar-refractivity contribution in [2.24, 2.45) is 0 Å². The smallest absolute Gasteiger partial charge is 0.219 e. The second-order valence-electron chi connectivity index (χ2n) is 8.48. The summed E-state index contributed by atoms with van der Waals surface area (Å²) in [7, 11) is 0. The minimum absolute atomic E-state index is 0.0725. The maximum atomic E-state index is 12.4. The predicted octanol–water partition coefficient (Wildman–Crippen LogP) is 6.06. The zero-order valence-corrected chi connectivity index (χ0v) is 16.8. The van der Waals surface area contributed by atoms with Crippen molar-refractivity contribution >= 4 is 16.9 Å². The van der Waals surface area contributed by atoms with Crippen LogP contribution in [-0.2, 0) is 16.6 Å². The largest absolute Gasteiger partial charge is 0.507 e. The molecule has 3 heteroatoms. The summed E-state index contributed by atoms with van der Waals surface area (Å²) in [6.45, 7) is 12.6. The highest BCUT2D eigenvalue weighted by Crippen LogP contribution is 2.40. The van der Waals surface area contributed by atoms with Crippen molar-refractivity contribution < 1.29 is 9.90 Å². The number of benzene rings is 2. The van der Waals surface area contributed by atoms with E-state index in [0.29, 0.717) is 11.5 Å². The quantitative estimate of drug-likeness (QED) is 0.726. The summed E-state index contributed by atoms with van der Waals surface area (Å²) in [6, 6.07) is 13.4. The van der Waals surface area contributed by atoms with Crippen LogP contribution in [0.2, 0.25) is 0 Å². The van der Waals surface area contributed by atoms with Gasteiger partial charge in [-0.25, -0.2) is 0 Å². The van der Waals surface area contributed by atoms with Crippen LogP contribution in [0.4, 0.5) is 0 Å².